The molecule has 0 heterocycles. The molecule has 4 heteroatoms. The van der Waals surface area contributed by atoms with Crippen LogP contribution in [0.2, 0.25) is 0 Å². The standard InChI is InChI=1S/C14H20O2.C6H12O2.C2H6/c1-3-7-16-14-9-12-11(8-10(14)2)5-4-6-13(12)15;1-5(7)8-6(2,3)4;1-2/h4-6,10,14-15H,3,7-9H2,1-2H3;1-4H3;1-2H3/t10-,14-;;/m1../s1. The Morgan fingerprint density at radius 2 is 1.85 bits per heavy atom. The first-order chi connectivity index (χ1) is 12.1. The molecular weight excluding hydrogens is 328 g/mol. The summed E-state index contributed by atoms with van der Waals surface area (Å²) in [4.78, 5) is 10.2. The predicted molar refractivity (Wildman–Crippen MR) is 108 cm³/mol. The molecule has 0 radical (unpaired) electrons. The van der Waals surface area contributed by atoms with E-state index in [-0.39, 0.29) is 17.7 Å². The number of carbonyl (C=O) groups excluding carboxylic acids is 1. The molecule has 0 bridgehead atoms. The molecule has 0 unspecified atom stereocenters. The van der Waals surface area contributed by atoms with E-state index in [1.54, 1.807) is 6.07 Å². The van der Waals surface area contributed by atoms with Crippen LogP contribution in [-0.4, -0.2) is 29.4 Å². The minimum Gasteiger partial charge on any atom is -0.508 e. The van der Waals surface area contributed by atoms with Gasteiger partial charge in [-0.15, -0.1) is 0 Å². The Balaban J connectivity index is 0.000000533. The number of hydrogen-bond acceptors (Lipinski definition) is 4. The van der Waals surface area contributed by atoms with Crippen LogP contribution in [0, 0.1) is 5.92 Å². The molecule has 0 aliphatic heterocycles. The van der Waals surface area contributed by atoms with Crippen molar-refractivity contribution < 1.29 is 19.4 Å². The molecule has 0 aromatic heterocycles. The summed E-state index contributed by atoms with van der Waals surface area (Å²) >= 11 is 0. The maximum Gasteiger partial charge on any atom is 0.303 e. The van der Waals surface area contributed by atoms with Gasteiger partial charge in [0.05, 0.1) is 6.10 Å². The van der Waals surface area contributed by atoms with Gasteiger partial charge < -0.3 is 14.6 Å². The van der Waals surface area contributed by atoms with Crippen molar-refractivity contribution in [1.29, 1.82) is 0 Å². The minimum absolute atomic E-state index is 0.225. The average Bonchev–Trinajstić information content (AvgIpc) is 2.53. The van der Waals surface area contributed by atoms with E-state index in [0.717, 1.165) is 31.4 Å². The van der Waals surface area contributed by atoms with E-state index >= 15 is 0 Å². The third-order valence-corrected chi connectivity index (χ3v) is 3.82. The minimum atomic E-state index is -0.328. The van der Waals surface area contributed by atoms with Crippen LogP contribution in [0.3, 0.4) is 0 Å². The van der Waals surface area contributed by atoms with Crippen LogP contribution in [-0.2, 0) is 27.1 Å². The smallest absolute Gasteiger partial charge is 0.303 e. The summed E-state index contributed by atoms with van der Waals surface area (Å²) in [5, 5.41) is 9.83. The quantitative estimate of drug-likeness (QED) is 0.738. The highest BCUT2D eigenvalue weighted by Gasteiger charge is 2.27. The summed E-state index contributed by atoms with van der Waals surface area (Å²) in [6.45, 7) is 16.1. The van der Waals surface area contributed by atoms with Gasteiger partial charge >= 0.3 is 5.97 Å². The van der Waals surface area contributed by atoms with Gasteiger partial charge in [0.25, 0.3) is 0 Å². The van der Waals surface area contributed by atoms with Gasteiger partial charge in [0.2, 0.25) is 0 Å². The Kier molecular flexibility index (Phi) is 11.2. The van der Waals surface area contributed by atoms with Crippen molar-refractivity contribution in [2.24, 2.45) is 5.92 Å². The molecule has 0 saturated heterocycles. The number of carbonyl (C=O) groups is 1. The zero-order valence-electron chi connectivity index (χ0n) is 17.9. The number of phenols is 1. The molecule has 1 aliphatic carbocycles. The van der Waals surface area contributed by atoms with E-state index in [1.165, 1.54) is 12.5 Å². The van der Waals surface area contributed by atoms with Crippen molar-refractivity contribution in [3.8, 4) is 5.75 Å². The van der Waals surface area contributed by atoms with Crippen LogP contribution < -0.4 is 0 Å². The first-order valence-corrected chi connectivity index (χ1v) is 9.75. The Morgan fingerprint density at radius 1 is 1.23 bits per heavy atom. The van der Waals surface area contributed by atoms with Crippen molar-refractivity contribution in [3.05, 3.63) is 29.3 Å². The molecule has 26 heavy (non-hydrogen) atoms. The van der Waals surface area contributed by atoms with Crippen LogP contribution in [0.4, 0.5) is 0 Å². The van der Waals surface area contributed by atoms with Crippen molar-refractivity contribution in [2.45, 2.75) is 86.4 Å². The van der Waals surface area contributed by atoms with Crippen LogP contribution in [0.1, 0.15) is 72.9 Å². The molecule has 0 spiro atoms. The third-order valence-electron chi connectivity index (χ3n) is 3.82. The number of phenolic OH excluding ortho intramolecular Hbond substituents is 1. The average molecular weight is 367 g/mol. The van der Waals surface area contributed by atoms with Gasteiger partial charge in [-0.25, -0.2) is 0 Å². The van der Waals surface area contributed by atoms with Crippen molar-refractivity contribution in [3.63, 3.8) is 0 Å². The second-order valence-electron chi connectivity index (χ2n) is 7.42. The zero-order chi connectivity index (χ0) is 20.3. The Bertz CT molecular complexity index is 531. The summed E-state index contributed by atoms with van der Waals surface area (Å²) in [7, 11) is 0. The SMILES string of the molecule is CC.CC(=O)OC(C)(C)C.CCCO[C@@H]1Cc2c(O)cccc2C[C@H]1C. The molecule has 0 saturated carbocycles. The Morgan fingerprint density at radius 3 is 2.31 bits per heavy atom. The van der Waals surface area contributed by atoms with E-state index in [2.05, 4.69) is 19.9 Å². The number of fused-ring (bicyclic) bond motifs is 1. The topological polar surface area (TPSA) is 55.8 Å². The summed E-state index contributed by atoms with van der Waals surface area (Å²) in [6.07, 6.45) is 3.18. The first-order valence-electron chi connectivity index (χ1n) is 9.75. The number of esters is 1. The summed E-state index contributed by atoms with van der Waals surface area (Å²) in [6, 6.07) is 5.81. The van der Waals surface area contributed by atoms with E-state index in [0.29, 0.717) is 11.7 Å². The van der Waals surface area contributed by atoms with Crippen molar-refractivity contribution in [2.75, 3.05) is 6.61 Å². The third kappa shape index (κ3) is 9.23. The lowest BCUT2D eigenvalue weighted by Gasteiger charge is -2.31. The number of ether oxygens (including phenoxy) is 2. The molecule has 4 nitrogen and oxygen atoms in total. The van der Waals surface area contributed by atoms with E-state index in [9.17, 15) is 9.90 Å². The summed E-state index contributed by atoms with van der Waals surface area (Å²) in [5.74, 6) is 0.743. The second-order valence-corrected chi connectivity index (χ2v) is 7.42. The molecule has 2 rings (SSSR count). The molecule has 150 valence electrons. The largest absolute Gasteiger partial charge is 0.508 e. The van der Waals surface area contributed by atoms with Gasteiger partial charge in [-0.3, -0.25) is 4.79 Å². The number of aromatic hydroxyl groups is 1. The maximum atomic E-state index is 10.2. The lowest BCUT2D eigenvalue weighted by Crippen LogP contribution is -2.31. The lowest BCUT2D eigenvalue weighted by atomic mass is 9.82. The molecule has 1 aromatic carbocycles. The van der Waals surface area contributed by atoms with Gasteiger partial charge in [0.15, 0.2) is 0 Å². The highest BCUT2D eigenvalue weighted by Crippen LogP contribution is 2.32. The second kappa shape index (κ2) is 11.9. The van der Waals surface area contributed by atoms with Gasteiger partial charge in [0.1, 0.15) is 11.4 Å². The fourth-order valence-electron chi connectivity index (χ4n) is 2.85. The van der Waals surface area contributed by atoms with E-state index < -0.39 is 0 Å². The van der Waals surface area contributed by atoms with Crippen molar-refractivity contribution >= 4 is 5.97 Å². The monoisotopic (exact) mass is 366 g/mol. The maximum absolute atomic E-state index is 10.2. The lowest BCUT2D eigenvalue weighted by molar-refractivity contribution is -0.151. The van der Waals surface area contributed by atoms with Gasteiger partial charge in [-0.1, -0.05) is 39.8 Å². The van der Waals surface area contributed by atoms with Crippen LogP contribution in [0.15, 0.2) is 18.2 Å². The number of hydrogen-bond donors (Lipinski definition) is 1. The fraction of sp³-hybridized carbons (Fsp3) is 0.682. The highest BCUT2D eigenvalue weighted by atomic mass is 16.6. The molecule has 2 atom stereocenters. The van der Waals surface area contributed by atoms with Crippen LogP contribution >= 0.6 is 0 Å². The molecule has 0 amide bonds. The van der Waals surface area contributed by atoms with Crippen molar-refractivity contribution in [1.82, 2.24) is 0 Å². The Labute approximate surface area is 159 Å². The van der Waals surface area contributed by atoms with Gasteiger partial charge in [-0.05, 0) is 56.7 Å². The van der Waals surface area contributed by atoms with Crippen LogP contribution in [0.25, 0.3) is 0 Å². The van der Waals surface area contributed by atoms with Gasteiger partial charge in [-0.2, -0.15) is 0 Å². The number of benzene rings is 1. The summed E-state index contributed by atoms with van der Waals surface area (Å²) < 4.78 is 10.6. The molecule has 1 aliphatic rings. The predicted octanol–water partition coefficient (Wildman–Crippen LogP) is 5.30. The summed E-state index contributed by atoms with van der Waals surface area (Å²) in [5.41, 5.74) is 2.04. The molecule has 1 aromatic rings. The Hall–Kier alpha value is -1.55. The fourth-order valence-corrected chi connectivity index (χ4v) is 2.85. The molecule has 1 N–H and O–H groups in total. The molecule has 0 fully saturated rings. The van der Waals surface area contributed by atoms with E-state index in [1.807, 2.05) is 40.7 Å². The number of rotatable bonds is 3. The zero-order valence-corrected chi connectivity index (χ0v) is 17.9. The first kappa shape index (κ1) is 24.5. The highest BCUT2D eigenvalue weighted by molar-refractivity contribution is 5.66. The normalized spacial score (nSPS) is 18.5. The van der Waals surface area contributed by atoms with Crippen LogP contribution in [0.5, 0.6) is 5.75 Å². The van der Waals surface area contributed by atoms with Gasteiger partial charge in [0, 0.05) is 20.0 Å². The van der Waals surface area contributed by atoms with E-state index in [4.69, 9.17) is 9.47 Å². The molecular formula is C22H38O4.